The topological polar surface area (TPSA) is 64.1 Å². The van der Waals surface area contributed by atoms with Gasteiger partial charge in [-0.25, -0.2) is 9.97 Å². The lowest BCUT2D eigenvalue weighted by Gasteiger charge is -2.31. The van der Waals surface area contributed by atoms with E-state index in [4.69, 9.17) is 16.3 Å². The van der Waals surface area contributed by atoms with Crippen LogP contribution in [0.5, 0.6) is 5.75 Å². The van der Waals surface area contributed by atoms with Crippen LogP contribution in [0.25, 0.3) is 0 Å². The fraction of sp³-hybridized carbons (Fsp3) is 0.278. The Bertz CT molecular complexity index is 856. The van der Waals surface area contributed by atoms with Crippen molar-refractivity contribution >= 4 is 17.5 Å². The van der Waals surface area contributed by atoms with Gasteiger partial charge in [0, 0.05) is 0 Å². The average molecular weight is 398 g/mol. The lowest BCUT2D eigenvalue weighted by molar-refractivity contribution is -0.141. The van der Waals surface area contributed by atoms with Gasteiger partial charge in [-0.05, 0) is 42.7 Å². The normalized spacial score (nSPS) is 19.1. The Morgan fingerprint density at radius 2 is 2.07 bits per heavy atom. The maximum absolute atomic E-state index is 12.6. The van der Waals surface area contributed by atoms with E-state index in [-0.39, 0.29) is 22.9 Å². The van der Waals surface area contributed by atoms with Crippen molar-refractivity contribution in [2.75, 3.05) is 0 Å². The monoisotopic (exact) mass is 397 g/mol. The number of ether oxygens (including phenoxy) is 1. The predicted molar refractivity (Wildman–Crippen MR) is 92.2 cm³/mol. The summed E-state index contributed by atoms with van der Waals surface area (Å²) >= 11 is 5.99. The fourth-order valence-corrected chi connectivity index (χ4v) is 3.05. The molecule has 1 amide bonds. The van der Waals surface area contributed by atoms with E-state index in [2.05, 4.69) is 21.9 Å². The Morgan fingerprint density at radius 3 is 2.70 bits per heavy atom. The number of amides is 1. The summed E-state index contributed by atoms with van der Waals surface area (Å²) in [6.07, 6.45) is -1.77. The molecule has 0 saturated heterocycles. The van der Waals surface area contributed by atoms with Crippen molar-refractivity contribution in [1.29, 1.82) is 0 Å². The van der Waals surface area contributed by atoms with Gasteiger partial charge in [0.1, 0.15) is 22.7 Å². The molecule has 27 heavy (non-hydrogen) atoms. The summed E-state index contributed by atoms with van der Waals surface area (Å²) in [6, 6.07) is 5.15. The molecule has 3 rings (SSSR count). The van der Waals surface area contributed by atoms with Crippen LogP contribution in [0.4, 0.5) is 13.2 Å². The smallest absolute Gasteiger partial charge is 0.433 e. The van der Waals surface area contributed by atoms with Crippen molar-refractivity contribution in [2.24, 2.45) is 0 Å². The van der Waals surface area contributed by atoms with Crippen LogP contribution < -0.4 is 10.1 Å². The minimum Gasteiger partial charge on any atom is -0.482 e. The van der Waals surface area contributed by atoms with Crippen LogP contribution >= 0.6 is 11.6 Å². The molecule has 0 bridgehead atoms. The number of hydrogen-bond donors (Lipinski definition) is 1. The number of rotatable bonds is 4. The molecule has 0 aliphatic heterocycles. The highest BCUT2D eigenvalue weighted by Gasteiger charge is 2.33. The van der Waals surface area contributed by atoms with E-state index >= 15 is 0 Å². The summed E-state index contributed by atoms with van der Waals surface area (Å²) in [5.41, 5.74) is 0.279. The van der Waals surface area contributed by atoms with Crippen molar-refractivity contribution in [3.05, 3.63) is 65.2 Å². The lowest BCUT2D eigenvalue weighted by Crippen LogP contribution is -2.32. The summed E-state index contributed by atoms with van der Waals surface area (Å²) in [5, 5.41) is 3.07. The number of aromatic nitrogens is 2. The maximum Gasteiger partial charge on any atom is 0.433 e. The molecule has 2 atom stereocenters. The zero-order valence-corrected chi connectivity index (χ0v) is 14.7. The molecule has 0 radical (unpaired) electrons. The van der Waals surface area contributed by atoms with Crippen LogP contribution in [0, 0.1) is 0 Å². The summed E-state index contributed by atoms with van der Waals surface area (Å²) in [4.78, 5) is 19.3. The molecule has 0 aromatic carbocycles. The first-order valence-corrected chi connectivity index (χ1v) is 8.45. The number of nitrogens with one attached hydrogen (secondary N) is 1. The van der Waals surface area contributed by atoms with E-state index in [1.54, 1.807) is 12.1 Å². The van der Waals surface area contributed by atoms with Crippen molar-refractivity contribution in [1.82, 2.24) is 15.3 Å². The molecule has 0 spiro atoms. The van der Waals surface area contributed by atoms with Crippen molar-refractivity contribution in [3.63, 3.8) is 0 Å². The zero-order chi connectivity index (χ0) is 19.6. The van der Waals surface area contributed by atoms with E-state index in [0.717, 1.165) is 17.8 Å². The van der Waals surface area contributed by atoms with Crippen LogP contribution in [0.2, 0.25) is 5.15 Å². The minimum absolute atomic E-state index is 0.189. The third kappa shape index (κ3) is 4.39. The molecule has 0 fully saturated rings. The third-order valence-corrected chi connectivity index (χ3v) is 4.34. The number of pyridine rings is 2. The Kier molecular flexibility index (Phi) is 5.36. The molecule has 2 aromatic rings. The van der Waals surface area contributed by atoms with E-state index in [0.29, 0.717) is 18.5 Å². The van der Waals surface area contributed by atoms with Crippen molar-refractivity contribution < 1.29 is 22.7 Å². The van der Waals surface area contributed by atoms with Crippen LogP contribution in [0.3, 0.4) is 0 Å². The standard InChI is InChI=1S/C18H15ClF3N3O2/c1-2-16(26)24-12-5-6-13(17-11(12)4-8-15(19)25-17)27-10-3-7-14(23-9-10)18(20,21)22/h2-4,7-9,12-13H,1,5-6H2,(H,24,26)/t12-,13+/m0/s1. The SMILES string of the molecule is C=CC(=O)N[C@H]1CC[C@@H](Oc2ccc(C(F)(F)F)nc2)c2nc(Cl)ccc21. The molecule has 2 heterocycles. The molecule has 1 N–H and O–H groups in total. The summed E-state index contributed by atoms with van der Waals surface area (Å²) in [6.45, 7) is 3.43. The first-order valence-electron chi connectivity index (χ1n) is 8.07. The molecule has 1 aliphatic carbocycles. The molecule has 1 aliphatic rings. The Balaban J connectivity index is 1.84. The van der Waals surface area contributed by atoms with Gasteiger partial charge < -0.3 is 10.1 Å². The van der Waals surface area contributed by atoms with Crippen molar-refractivity contribution in [3.8, 4) is 5.75 Å². The average Bonchev–Trinajstić information content (AvgIpc) is 2.63. The fourth-order valence-electron chi connectivity index (χ4n) is 2.90. The van der Waals surface area contributed by atoms with Gasteiger partial charge in [-0.3, -0.25) is 4.79 Å². The number of nitrogens with zero attached hydrogens (tertiary/aromatic N) is 2. The number of fused-ring (bicyclic) bond motifs is 1. The highest BCUT2D eigenvalue weighted by atomic mass is 35.5. The van der Waals surface area contributed by atoms with Gasteiger partial charge in [-0.15, -0.1) is 0 Å². The molecular weight excluding hydrogens is 383 g/mol. The van der Waals surface area contributed by atoms with Gasteiger partial charge in [0.05, 0.1) is 17.9 Å². The molecule has 0 saturated carbocycles. The highest BCUT2D eigenvalue weighted by molar-refractivity contribution is 6.29. The van der Waals surface area contributed by atoms with E-state index in [9.17, 15) is 18.0 Å². The summed E-state index contributed by atoms with van der Waals surface area (Å²) in [5.74, 6) is -0.124. The van der Waals surface area contributed by atoms with E-state index in [1.165, 1.54) is 12.1 Å². The Morgan fingerprint density at radius 1 is 1.30 bits per heavy atom. The number of hydrogen-bond acceptors (Lipinski definition) is 4. The number of carbonyl (C=O) groups excluding carboxylic acids is 1. The quantitative estimate of drug-likeness (QED) is 0.613. The Labute approximate surface area is 158 Å². The molecule has 9 heteroatoms. The van der Waals surface area contributed by atoms with Gasteiger partial charge in [-0.1, -0.05) is 24.2 Å². The molecular formula is C18H15ClF3N3O2. The number of alkyl halides is 3. The lowest BCUT2D eigenvalue weighted by atomic mass is 9.89. The second-order valence-electron chi connectivity index (χ2n) is 5.93. The van der Waals surface area contributed by atoms with Gasteiger partial charge in [0.15, 0.2) is 0 Å². The summed E-state index contributed by atoms with van der Waals surface area (Å²) < 4.78 is 43.7. The third-order valence-electron chi connectivity index (χ3n) is 4.13. The summed E-state index contributed by atoms with van der Waals surface area (Å²) in [7, 11) is 0. The number of carbonyl (C=O) groups is 1. The highest BCUT2D eigenvalue weighted by Crippen LogP contribution is 2.38. The van der Waals surface area contributed by atoms with Gasteiger partial charge in [0.25, 0.3) is 0 Å². The second-order valence-corrected chi connectivity index (χ2v) is 6.32. The van der Waals surface area contributed by atoms with Gasteiger partial charge in [-0.2, -0.15) is 13.2 Å². The molecule has 142 valence electrons. The first-order chi connectivity index (χ1) is 12.8. The van der Waals surface area contributed by atoms with Crippen LogP contribution in [-0.4, -0.2) is 15.9 Å². The predicted octanol–water partition coefficient (Wildman–Crippen LogP) is 4.41. The van der Waals surface area contributed by atoms with E-state index < -0.39 is 18.0 Å². The van der Waals surface area contributed by atoms with E-state index in [1.807, 2.05) is 0 Å². The number of halogens is 4. The molecule has 0 unspecified atom stereocenters. The van der Waals surface area contributed by atoms with Gasteiger partial charge in [0.2, 0.25) is 5.91 Å². The maximum atomic E-state index is 12.6. The molecule has 2 aromatic heterocycles. The first kappa shape index (κ1) is 19.2. The van der Waals surface area contributed by atoms with Crippen LogP contribution in [0.1, 0.15) is 41.9 Å². The minimum atomic E-state index is -4.51. The van der Waals surface area contributed by atoms with Crippen molar-refractivity contribution in [2.45, 2.75) is 31.2 Å². The van der Waals surface area contributed by atoms with Crippen LogP contribution in [0.15, 0.2) is 43.1 Å². The molecule has 5 nitrogen and oxygen atoms in total. The second kappa shape index (κ2) is 7.56. The largest absolute Gasteiger partial charge is 0.482 e. The van der Waals surface area contributed by atoms with Gasteiger partial charge >= 0.3 is 6.18 Å². The zero-order valence-electron chi connectivity index (χ0n) is 14.0. The Hall–Kier alpha value is -2.61. The van der Waals surface area contributed by atoms with Crippen LogP contribution in [-0.2, 0) is 11.0 Å².